The summed E-state index contributed by atoms with van der Waals surface area (Å²) in [4.78, 5) is 1.42. The first-order valence-electron chi connectivity index (χ1n) is 7.19. The van der Waals surface area contributed by atoms with E-state index in [2.05, 4.69) is 11.4 Å². The highest BCUT2D eigenvalue weighted by molar-refractivity contribution is 7.16. The number of rotatable bonds is 3. The molecule has 0 amide bonds. The lowest BCUT2D eigenvalue weighted by molar-refractivity contribution is 0.0881. The van der Waals surface area contributed by atoms with Crippen LogP contribution in [0.1, 0.15) is 22.9 Å². The minimum Gasteiger partial charge on any atom is -0.486 e. The lowest BCUT2D eigenvalue weighted by atomic mass is 10.1. The Kier molecular flexibility index (Phi) is 3.53. The molecule has 1 aliphatic carbocycles. The Balaban J connectivity index is 1.38. The summed E-state index contributed by atoms with van der Waals surface area (Å²) in [5.41, 5.74) is 1.36. The van der Waals surface area contributed by atoms with E-state index in [4.69, 9.17) is 21.1 Å². The Morgan fingerprint density at radius 1 is 1.29 bits per heavy atom. The summed E-state index contributed by atoms with van der Waals surface area (Å²) in [6, 6.07) is 10.3. The van der Waals surface area contributed by atoms with E-state index < -0.39 is 0 Å². The Bertz CT molecular complexity index is 657. The van der Waals surface area contributed by atoms with E-state index in [0.717, 1.165) is 35.2 Å². The average molecular weight is 322 g/mol. The summed E-state index contributed by atoms with van der Waals surface area (Å²) in [6.45, 7) is 1.37. The molecule has 2 aliphatic rings. The van der Waals surface area contributed by atoms with Crippen molar-refractivity contribution in [1.82, 2.24) is 5.32 Å². The van der Waals surface area contributed by atoms with Crippen molar-refractivity contribution in [1.29, 1.82) is 0 Å². The number of fused-ring (bicyclic) bond motifs is 2. The molecule has 2 atom stereocenters. The van der Waals surface area contributed by atoms with Crippen LogP contribution in [0.15, 0.2) is 30.3 Å². The summed E-state index contributed by atoms with van der Waals surface area (Å²) in [6.07, 6.45) is 2.32. The van der Waals surface area contributed by atoms with Gasteiger partial charge in [0, 0.05) is 17.5 Å². The van der Waals surface area contributed by atoms with Crippen LogP contribution in [0.5, 0.6) is 11.5 Å². The molecule has 4 rings (SSSR count). The molecule has 0 saturated carbocycles. The Hall–Kier alpha value is -1.23. The lowest BCUT2D eigenvalue weighted by Crippen LogP contribution is -2.39. The Morgan fingerprint density at radius 2 is 2.14 bits per heavy atom. The van der Waals surface area contributed by atoms with Crippen LogP contribution in [-0.2, 0) is 6.42 Å². The van der Waals surface area contributed by atoms with Crippen molar-refractivity contribution in [2.45, 2.75) is 25.0 Å². The van der Waals surface area contributed by atoms with E-state index >= 15 is 0 Å². The molecule has 0 saturated heterocycles. The number of halogens is 1. The summed E-state index contributed by atoms with van der Waals surface area (Å²) in [5, 5.41) is 3.59. The van der Waals surface area contributed by atoms with E-state index in [0.29, 0.717) is 12.6 Å². The van der Waals surface area contributed by atoms with Gasteiger partial charge in [0.2, 0.25) is 0 Å². The first-order valence-corrected chi connectivity index (χ1v) is 8.39. The van der Waals surface area contributed by atoms with Crippen LogP contribution in [0, 0.1) is 0 Å². The molecule has 1 aromatic heterocycles. The molecule has 2 heterocycles. The fourth-order valence-corrected chi connectivity index (χ4v) is 4.34. The third kappa shape index (κ3) is 2.63. The van der Waals surface area contributed by atoms with Crippen molar-refractivity contribution in [2.75, 3.05) is 13.2 Å². The van der Waals surface area contributed by atoms with Gasteiger partial charge in [-0.2, -0.15) is 0 Å². The smallest absolute Gasteiger partial charge is 0.161 e. The number of hydrogen-bond donors (Lipinski definition) is 1. The lowest BCUT2D eigenvalue weighted by Gasteiger charge is -2.27. The zero-order chi connectivity index (χ0) is 14.2. The van der Waals surface area contributed by atoms with Gasteiger partial charge >= 0.3 is 0 Å². The first-order chi connectivity index (χ1) is 10.3. The molecule has 2 unspecified atom stereocenters. The monoisotopic (exact) mass is 321 g/mol. The van der Waals surface area contributed by atoms with Crippen LogP contribution in [-0.4, -0.2) is 19.3 Å². The third-order valence-corrected chi connectivity index (χ3v) is 5.35. The highest BCUT2D eigenvalue weighted by Gasteiger charge is 2.27. The van der Waals surface area contributed by atoms with Crippen molar-refractivity contribution >= 4 is 22.9 Å². The van der Waals surface area contributed by atoms with Crippen molar-refractivity contribution < 1.29 is 9.47 Å². The molecule has 0 spiro atoms. The second kappa shape index (κ2) is 5.52. The van der Waals surface area contributed by atoms with Gasteiger partial charge in [-0.05, 0) is 36.6 Å². The normalized spacial score (nSPS) is 23.1. The zero-order valence-corrected chi connectivity index (χ0v) is 13.0. The molecule has 3 nitrogen and oxygen atoms in total. The second-order valence-electron chi connectivity index (χ2n) is 5.43. The van der Waals surface area contributed by atoms with Gasteiger partial charge in [0.15, 0.2) is 11.5 Å². The standard InChI is InChI=1S/C16H16ClNO2S/c17-16-7-11-12(5-6-15(11)21-16)18-8-10-9-19-13-3-1-2-4-14(13)20-10/h1-4,7,10,12,18H,5-6,8-9H2. The number of para-hydroxylation sites is 2. The molecule has 1 aliphatic heterocycles. The molecule has 0 bridgehead atoms. The fourth-order valence-electron chi connectivity index (χ4n) is 2.98. The molecule has 0 fully saturated rings. The van der Waals surface area contributed by atoms with Gasteiger partial charge in [-0.1, -0.05) is 23.7 Å². The molecule has 21 heavy (non-hydrogen) atoms. The van der Waals surface area contributed by atoms with E-state index in [-0.39, 0.29) is 6.10 Å². The number of ether oxygens (including phenoxy) is 2. The molecule has 1 N–H and O–H groups in total. The largest absolute Gasteiger partial charge is 0.486 e. The number of nitrogens with one attached hydrogen (secondary N) is 1. The van der Waals surface area contributed by atoms with E-state index in [1.54, 1.807) is 11.3 Å². The predicted molar refractivity (Wildman–Crippen MR) is 84.7 cm³/mol. The zero-order valence-electron chi connectivity index (χ0n) is 11.5. The molecule has 1 aromatic carbocycles. The van der Waals surface area contributed by atoms with Gasteiger partial charge in [0.1, 0.15) is 12.7 Å². The maximum atomic E-state index is 6.09. The Morgan fingerprint density at radius 3 is 3.05 bits per heavy atom. The van der Waals surface area contributed by atoms with Gasteiger partial charge in [0.25, 0.3) is 0 Å². The molecular weight excluding hydrogens is 306 g/mol. The molecule has 5 heteroatoms. The first kappa shape index (κ1) is 13.4. The number of hydrogen-bond acceptors (Lipinski definition) is 4. The molecule has 110 valence electrons. The topological polar surface area (TPSA) is 30.5 Å². The van der Waals surface area contributed by atoms with Crippen LogP contribution >= 0.6 is 22.9 Å². The van der Waals surface area contributed by atoms with Crippen LogP contribution in [0.3, 0.4) is 0 Å². The highest BCUT2D eigenvalue weighted by atomic mass is 35.5. The van der Waals surface area contributed by atoms with E-state index in [1.807, 2.05) is 24.3 Å². The molecular formula is C16H16ClNO2S. The van der Waals surface area contributed by atoms with Crippen LogP contribution < -0.4 is 14.8 Å². The number of thiophene rings is 1. The van der Waals surface area contributed by atoms with Gasteiger partial charge in [-0.25, -0.2) is 0 Å². The minimum absolute atomic E-state index is 0.0538. The van der Waals surface area contributed by atoms with Gasteiger partial charge in [-0.15, -0.1) is 11.3 Å². The highest BCUT2D eigenvalue weighted by Crippen LogP contribution is 2.39. The van der Waals surface area contributed by atoms with Crippen molar-refractivity contribution in [3.05, 3.63) is 45.1 Å². The summed E-state index contributed by atoms with van der Waals surface area (Å²) in [5.74, 6) is 1.67. The van der Waals surface area contributed by atoms with Gasteiger partial charge < -0.3 is 14.8 Å². The minimum atomic E-state index is 0.0538. The van der Waals surface area contributed by atoms with Crippen LogP contribution in [0.25, 0.3) is 0 Å². The SMILES string of the molecule is Clc1cc2c(s1)CCC2NCC1COc2ccccc2O1. The number of aryl methyl sites for hydroxylation is 1. The summed E-state index contributed by atoms with van der Waals surface area (Å²) >= 11 is 7.80. The summed E-state index contributed by atoms with van der Waals surface area (Å²) in [7, 11) is 0. The Labute approximate surface area is 132 Å². The molecule has 0 radical (unpaired) electrons. The van der Waals surface area contributed by atoms with Crippen molar-refractivity contribution in [3.63, 3.8) is 0 Å². The van der Waals surface area contributed by atoms with Crippen molar-refractivity contribution in [3.8, 4) is 11.5 Å². The maximum absolute atomic E-state index is 6.09. The van der Waals surface area contributed by atoms with Gasteiger partial charge in [0.05, 0.1) is 4.34 Å². The van der Waals surface area contributed by atoms with Gasteiger partial charge in [-0.3, -0.25) is 0 Å². The van der Waals surface area contributed by atoms with Crippen LogP contribution in [0.2, 0.25) is 4.34 Å². The maximum Gasteiger partial charge on any atom is 0.161 e. The molecule has 2 aromatic rings. The quantitative estimate of drug-likeness (QED) is 0.932. The average Bonchev–Trinajstić information content (AvgIpc) is 3.04. The number of benzene rings is 1. The second-order valence-corrected chi connectivity index (χ2v) is 7.19. The predicted octanol–water partition coefficient (Wildman–Crippen LogP) is 3.82. The van der Waals surface area contributed by atoms with E-state index in [1.165, 1.54) is 10.4 Å². The summed E-state index contributed by atoms with van der Waals surface area (Å²) < 4.78 is 12.6. The van der Waals surface area contributed by atoms with E-state index in [9.17, 15) is 0 Å². The fraction of sp³-hybridized carbons (Fsp3) is 0.375. The van der Waals surface area contributed by atoms with Crippen LogP contribution in [0.4, 0.5) is 0 Å². The third-order valence-electron chi connectivity index (χ3n) is 4.01. The van der Waals surface area contributed by atoms with Crippen molar-refractivity contribution in [2.24, 2.45) is 0 Å².